The van der Waals surface area contributed by atoms with Crippen LogP contribution >= 0.6 is 15.9 Å². The van der Waals surface area contributed by atoms with E-state index in [4.69, 9.17) is 0 Å². The summed E-state index contributed by atoms with van der Waals surface area (Å²) in [5, 5.41) is 1.07. The lowest BCUT2D eigenvalue weighted by Crippen LogP contribution is -2.04. The number of hydrogen-bond donors (Lipinski definition) is 1. The van der Waals surface area contributed by atoms with E-state index in [0.29, 0.717) is 15.2 Å². The Hall–Kier alpha value is -1.16. The van der Waals surface area contributed by atoms with Crippen LogP contribution in [0.2, 0.25) is 0 Å². The molecule has 1 aromatic carbocycles. The van der Waals surface area contributed by atoms with Gasteiger partial charge < -0.3 is 4.98 Å². The molecule has 0 aliphatic rings. The zero-order valence-electron chi connectivity index (χ0n) is 6.47. The third kappa shape index (κ3) is 1.37. The van der Waals surface area contributed by atoms with E-state index in [1.807, 2.05) is 0 Å². The minimum Gasteiger partial charge on any atom is -0.329 e. The molecule has 0 saturated heterocycles. The van der Waals surface area contributed by atoms with Crippen molar-refractivity contribution in [2.24, 2.45) is 0 Å². The first-order valence-electron chi connectivity index (χ1n) is 3.65. The van der Waals surface area contributed by atoms with Gasteiger partial charge in [0.25, 0.3) is 5.56 Å². The molecule has 0 saturated carbocycles. The highest BCUT2D eigenvalue weighted by atomic mass is 79.9. The van der Waals surface area contributed by atoms with Crippen molar-refractivity contribution in [2.45, 2.75) is 0 Å². The summed E-state index contributed by atoms with van der Waals surface area (Å²) in [6.07, 6.45) is 1.54. The van der Waals surface area contributed by atoms with Gasteiger partial charge in [0.15, 0.2) is 0 Å². The molecule has 66 valence electrons. The van der Waals surface area contributed by atoms with Crippen LogP contribution in [0.15, 0.2) is 33.7 Å². The smallest absolute Gasteiger partial charge is 0.255 e. The second-order valence-corrected chi connectivity index (χ2v) is 3.51. The summed E-state index contributed by atoms with van der Waals surface area (Å²) in [4.78, 5) is 13.7. The Morgan fingerprint density at radius 3 is 2.85 bits per heavy atom. The Morgan fingerprint density at radius 2 is 2.08 bits per heavy atom. The summed E-state index contributed by atoms with van der Waals surface area (Å²) in [5.41, 5.74) is -0.280. The molecule has 1 aromatic heterocycles. The van der Waals surface area contributed by atoms with E-state index in [9.17, 15) is 9.18 Å². The van der Waals surface area contributed by atoms with E-state index in [0.717, 1.165) is 0 Å². The number of H-pyrrole nitrogens is 1. The lowest BCUT2D eigenvalue weighted by atomic mass is 10.2. The van der Waals surface area contributed by atoms with Gasteiger partial charge in [-0.1, -0.05) is 15.9 Å². The Labute approximate surface area is 81.5 Å². The van der Waals surface area contributed by atoms with Crippen LogP contribution < -0.4 is 5.56 Å². The molecule has 0 fully saturated rings. The third-order valence-corrected chi connectivity index (χ3v) is 2.46. The summed E-state index contributed by atoms with van der Waals surface area (Å²) in [6.45, 7) is 0. The Kier molecular flexibility index (Phi) is 1.92. The first-order valence-corrected chi connectivity index (χ1v) is 4.44. The minimum atomic E-state index is -0.420. The lowest BCUT2D eigenvalue weighted by molar-refractivity contribution is 0.629. The Balaban J connectivity index is 3.03. The normalized spacial score (nSPS) is 10.6. The Bertz CT molecular complexity index is 520. The van der Waals surface area contributed by atoms with Gasteiger partial charge in [0.1, 0.15) is 5.82 Å². The predicted molar refractivity (Wildman–Crippen MR) is 52.2 cm³/mol. The van der Waals surface area contributed by atoms with Crippen LogP contribution in [-0.4, -0.2) is 4.98 Å². The van der Waals surface area contributed by atoms with Crippen molar-refractivity contribution in [3.8, 4) is 0 Å². The fraction of sp³-hybridized carbons (Fsp3) is 0. The zero-order chi connectivity index (χ0) is 9.42. The van der Waals surface area contributed by atoms with Gasteiger partial charge in [0.05, 0.1) is 5.39 Å². The van der Waals surface area contributed by atoms with Crippen molar-refractivity contribution in [3.05, 3.63) is 45.0 Å². The number of halogens is 2. The quantitative estimate of drug-likeness (QED) is 0.756. The van der Waals surface area contributed by atoms with Crippen LogP contribution in [0.5, 0.6) is 0 Å². The van der Waals surface area contributed by atoms with Crippen molar-refractivity contribution < 1.29 is 4.39 Å². The highest BCUT2D eigenvalue weighted by Gasteiger charge is 2.03. The molecule has 2 rings (SSSR count). The topological polar surface area (TPSA) is 32.9 Å². The molecule has 1 N–H and O–H groups in total. The molecule has 0 atom stereocenters. The standard InChI is InChI=1S/C9H5BrFNO/c10-8-4-5(11)3-7-6(8)1-2-12-9(7)13/h1-4H,(H,12,13). The minimum absolute atomic E-state index is 0.280. The number of pyridine rings is 1. The van der Waals surface area contributed by atoms with Crippen molar-refractivity contribution in [1.82, 2.24) is 4.98 Å². The van der Waals surface area contributed by atoms with Crippen LogP contribution in [0.1, 0.15) is 0 Å². The molecular weight excluding hydrogens is 237 g/mol. The highest BCUT2D eigenvalue weighted by molar-refractivity contribution is 9.10. The first kappa shape index (κ1) is 8.44. The molecule has 0 aliphatic carbocycles. The third-order valence-electron chi connectivity index (χ3n) is 1.80. The van der Waals surface area contributed by atoms with E-state index in [1.165, 1.54) is 18.3 Å². The van der Waals surface area contributed by atoms with Gasteiger partial charge in [-0.25, -0.2) is 4.39 Å². The molecule has 0 unspecified atom stereocenters. The van der Waals surface area contributed by atoms with Gasteiger partial charge in [-0.15, -0.1) is 0 Å². The van der Waals surface area contributed by atoms with Gasteiger partial charge in [0.2, 0.25) is 0 Å². The van der Waals surface area contributed by atoms with Crippen LogP contribution in [0.3, 0.4) is 0 Å². The summed E-state index contributed by atoms with van der Waals surface area (Å²) in [7, 11) is 0. The Morgan fingerprint density at radius 1 is 1.31 bits per heavy atom. The van der Waals surface area contributed by atoms with Gasteiger partial charge in [-0.3, -0.25) is 4.79 Å². The number of aromatic nitrogens is 1. The number of nitrogens with one attached hydrogen (secondary N) is 1. The summed E-state index contributed by atoms with van der Waals surface area (Å²) in [6, 6.07) is 4.28. The molecule has 2 nitrogen and oxygen atoms in total. The van der Waals surface area contributed by atoms with Crippen LogP contribution in [0.4, 0.5) is 4.39 Å². The number of hydrogen-bond acceptors (Lipinski definition) is 1. The number of aromatic amines is 1. The fourth-order valence-electron chi connectivity index (χ4n) is 1.22. The van der Waals surface area contributed by atoms with Crippen LogP contribution in [0.25, 0.3) is 10.8 Å². The van der Waals surface area contributed by atoms with Gasteiger partial charge in [-0.05, 0) is 18.2 Å². The molecular formula is C9H5BrFNO. The van der Waals surface area contributed by atoms with Crippen molar-refractivity contribution in [3.63, 3.8) is 0 Å². The molecule has 0 aliphatic heterocycles. The first-order chi connectivity index (χ1) is 6.18. The van der Waals surface area contributed by atoms with Crippen molar-refractivity contribution in [2.75, 3.05) is 0 Å². The molecule has 0 amide bonds. The van der Waals surface area contributed by atoms with Crippen LogP contribution in [-0.2, 0) is 0 Å². The average Bonchev–Trinajstić information content (AvgIpc) is 2.07. The molecule has 0 spiro atoms. The molecule has 0 radical (unpaired) electrons. The lowest BCUT2D eigenvalue weighted by Gasteiger charge is -1.98. The van der Waals surface area contributed by atoms with Crippen molar-refractivity contribution >= 4 is 26.7 Å². The van der Waals surface area contributed by atoms with E-state index in [-0.39, 0.29) is 5.56 Å². The van der Waals surface area contributed by atoms with Gasteiger partial charge >= 0.3 is 0 Å². The second-order valence-electron chi connectivity index (χ2n) is 2.66. The second kappa shape index (κ2) is 2.96. The predicted octanol–water partition coefficient (Wildman–Crippen LogP) is 2.43. The largest absolute Gasteiger partial charge is 0.329 e. The molecule has 0 bridgehead atoms. The summed E-state index contributed by atoms with van der Waals surface area (Å²) >= 11 is 3.19. The van der Waals surface area contributed by atoms with E-state index < -0.39 is 5.82 Å². The SMILES string of the molecule is O=c1[nH]ccc2c(Br)cc(F)cc12. The molecule has 2 aromatic rings. The summed E-state index contributed by atoms with van der Waals surface area (Å²) in [5.74, 6) is -0.420. The van der Waals surface area contributed by atoms with E-state index in [2.05, 4.69) is 20.9 Å². The maximum Gasteiger partial charge on any atom is 0.255 e. The fourth-order valence-corrected chi connectivity index (χ4v) is 1.78. The zero-order valence-corrected chi connectivity index (χ0v) is 8.06. The van der Waals surface area contributed by atoms with E-state index in [1.54, 1.807) is 6.07 Å². The van der Waals surface area contributed by atoms with Crippen molar-refractivity contribution in [1.29, 1.82) is 0 Å². The molecule has 13 heavy (non-hydrogen) atoms. The summed E-state index contributed by atoms with van der Waals surface area (Å²) < 4.78 is 13.5. The maximum absolute atomic E-state index is 12.9. The molecule has 4 heteroatoms. The number of fused-ring (bicyclic) bond motifs is 1. The average molecular weight is 242 g/mol. The highest BCUT2D eigenvalue weighted by Crippen LogP contribution is 2.22. The molecule has 1 heterocycles. The monoisotopic (exact) mass is 241 g/mol. The van der Waals surface area contributed by atoms with E-state index >= 15 is 0 Å². The maximum atomic E-state index is 12.9. The van der Waals surface area contributed by atoms with Crippen LogP contribution in [0, 0.1) is 5.82 Å². The number of benzene rings is 1. The van der Waals surface area contributed by atoms with Gasteiger partial charge in [-0.2, -0.15) is 0 Å². The van der Waals surface area contributed by atoms with Gasteiger partial charge in [0, 0.05) is 16.1 Å². The number of rotatable bonds is 0.